The fourth-order valence-corrected chi connectivity index (χ4v) is 2.23. The summed E-state index contributed by atoms with van der Waals surface area (Å²) in [6.45, 7) is 1.90. The monoisotopic (exact) mass is 269 g/mol. The summed E-state index contributed by atoms with van der Waals surface area (Å²) in [7, 11) is 4.13. The molecule has 1 heterocycles. The molecule has 5 heteroatoms. The van der Waals surface area contributed by atoms with Gasteiger partial charge in [-0.3, -0.25) is 0 Å². The fraction of sp³-hybridized carbons (Fsp3) is 0.417. The summed E-state index contributed by atoms with van der Waals surface area (Å²) in [6, 6.07) is 5.82. The van der Waals surface area contributed by atoms with Gasteiger partial charge in [-0.2, -0.15) is 12.6 Å². The Morgan fingerprint density at radius 2 is 2.18 bits per heavy atom. The average Bonchev–Trinajstić information content (AvgIpc) is 2.63. The molecule has 1 aromatic carbocycles. The second-order valence-corrected chi connectivity index (χ2v) is 5.03. The second-order valence-electron chi connectivity index (χ2n) is 4.27. The molecule has 0 aliphatic heterocycles. The molecule has 0 amide bonds. The maximum Gasteiger partial charge on any atom is 0.119 e. The molecule has 0 aliphatic carbocycles. The van der Waals surface area contributed by atoms with E-state index in [9.17, 15) is 0 Å². The number of thiol groups is 1. The van der Waals surface area contributed by atoms with E-state index in [0.717, 1.165) is 35.0 Å². The molecule has 2 aromatic rings. The lowest BCUT2D eigenvalue weighted by Crippen LogP contribution is -2.19. The van der Waals surface area contributed by atoms with Crippen LogP contribution in [0, 0.1) is 0 Å². The second kappa shape index (κ2) is 5.29. The van der Waals surface area contributed by atoms with Gasteiger partial charge < -0.3 is 9.47 Å². The number of hydrogen-bond acceptors (Lipinski definition) is 3. The Labute approximate surface area is 112 Å². The van der Waals surface area contributed by atoms with Gasteiger partial charge >= 0.3 is 0 Å². The van der Waals surface area contributed by atoms with Crippen LogP contribution < -0.4 is 0 Å². The minimum absolute atomic E-state index is 0.639. The molecule has 3 nitrogen and oxygen atoms in total. The third kappa shape index (κ3) is 2.76. The molecule has 0 aliphatic rings. The summed E-state index contributed by atoms with van der Waals surface area (Å²) in [5.74, 6) is 1.63. The maximum absolute atomic E-state index is 5.97. The third-order valence-corrected chi connectivity index (χ3v) is 3.22. The van der Waals surface area contributed by atoms with E-state index in [1.54, 1.807) is 0 Å². The first-order chi connectivity index (χ1) is 8.11. The van der Waals surface area contributed by atoms with Crippen LogP contribution in [0.15, 0.2) is 18.2 Å². The van der Waals surface area contributed by atoms with E-state index in [-0.39, 0.29) is 0 Å². The number of hydrogen-bond donors (Lipinski definition) is 1. The number of nitrogens with zero attached hydrogens (tertiary/aromatic N) is 3. The van der Waals surface area contributed by atoms with Crippen molar-refractivity contribution in [3.63, 3.8) is 0 Å². The van der Waals surface area contributed by atoms with E-state index in [2.05, 4.69) is 41.2 Å². The molecule has 0 saturated heterocycles. The van der Waals surface area contributed by atoms with Crippen LogP contribution in [0.4, 0.5) is 0 Å². The van der Waals surface area contributed by atoms with Crippen molar-refractivity contribution in [1.82, 2.24) is 14.5 Å². The first-order valence-electron chi connectivity index (χ1n) is 5.52. The molecule has 17 heavy (non-hydrogen) atoms. The van der Waals surface area contributed by atoms with Crippen LogP contribution in [-0.2, 0) is 12.3 Å². The molecular weight excluding hydrogens is 254 g/mol. The Morgan fingerprint density at radius 1 is 1.41 bits per heavy atom. The SMILES string of the molecule is CN(C)CCn1c(CS)nc2cc(Cl)ccc21. The zero-order valence-corrected chi connectivity index (χ0v) is 11.7. The number of rotatable bonds is 4. The quantitative estimate of drug-likeness (QED) is 0.862. The van der Waals surface area contributed by atoms with Crippen LogP contribution in [0.1, 0.15) is 5.82 Å². The Bertz CT molecular complexity index is 522. The highest BCUT2D eigenvalue weighted by Crippen LogP contribution is 2.21. The van der Waals surface area contributed by atoms with Crippen molar-refractivity contribution in [3.8, 4) is 0 Å². The van der Waals surface area contributed by atoms with Gasteiger partial charge in [0, 0.05) is 23.9 Å². The summed E-state index contributed by atoms with van der Waals surface area (Å²) < 4.78 is 2.21. The van der Waals surface area contributed by atoms with E-state index in [4.69, 9.17) is 11.6 Å². The number of halogens is 1. The molecule has 0 bridgehead atoms. The van der Waals surface area contributed by atoms with Gasteiger partial charge in [0.2, 0.25) is 0 Å². The lowest BCUT2D eigenvalue weighted by molar-refractivity contribution is 0.384. The standard InChI is InChI=1S/C12H16ClN3S/c1-15(2)5-6-16-11-4-3-9(13)7-10(11)14-12(16)8-17/h3-4,7,17H,5-6,8H2,1-2H3. The van der Waals surface area contributed by atoms with Gasteiger partial charge in [0.15, 0.2) is 0 Å². The normalized spacial score (nSPS) is 11.6. The molecule has 0 saturated carbocycles. The average molecular weight is 270 g/mol. The lowest BCUT2D eigenvalue weighted by atomic mass is 10.3. The van der Waals surface area contributed by atoms with E-state index in [0.29, 0.717) is 5.75 Å². The van der Waals surface area contributed by atoms with Crippen molar-refractivity contribution in [2.75, 3.05) is 20.6 Å². The summed E-state index contributed by atoms with van der Waals surface area (Å²) in [5.41, 5.74) is 2.07. The molecule has 0 radical (unpaired) electrons. The van der Waals surface area contributed by atoms with E-state index >= 15 is 0 Å². The van der Waals surface area contributed by atoms with Gasteiger partial charge in [-0.25, -0.2) is 4.98 Å². The number of fused-ring (bicyclic) bond motifs is 1. The molecule has 1 aromatic heterocycles. The van der Waals surface area contributed by atoms with Crippen LogP contribution in [0.3, 0.4) is 0 Å². The molecule has 92 valence electrons. The van der Waals surface area contributed by atoms with Gasteiger partial charge in [-0.1, -0.05) is 11.6 Å². The van der Waals surface area contributed by atoms with Gasteiger partial charge in [-0.15, -0.1) is 0 Å². The van der Waals surface area contributed by atoms with E-state index in [1.807, 2.05) is 18.2 Å². The van der Waals surface area contributed by atoms with Crippen LogP contribution in [0.2, 0.25) is 5.02 Å². The number of benzene rings is 1. The first kappa shape index (κ1) is 12.7. The van der Waals surface area contributed by atoms with Crippen LogP contribution in [0.5, 0.6) is 0 Å². The fourth-order valence-electron chi connectivity index (χ4n) is 1.82. The highest BCUT2D eigenvalue weighted by Gasteiger charge is 2.09. The Hall–Kier alpha value is -0.710. The van der Waals surface area contributed by atoms with Crippen LogP contribution in [0.25, 0.3) is 11.0 Å². The minimum atomic E-state index is 0.639. The Balaban J connectivity index is 2.43. The number of aromatic nitrogens is 2. The largest absolute Gasteiger partial charge is 0.326 e. The van der Waals surface area contributed by atoms with Crippen molar-refractivity contribution in [3.05, 3.63) is 29.0 Å². The number of imidazole rings is 1. The zero-order valence-electron chi connectivity index (χ0n) is 10.0. The first-order valence-corrected chi connectivity index (χ1v) is 6.53. The zero-order chi connectivity index (χ0) is 12.4. The molecule has 0 atom stereocenters. The minimum Gasteiger partial charge on any atom is -0.326 e. The predicted molar refractivity (Wildman–Crippen MR) is 76.0 cm³/mol. The lowest BCUT2D eigenvalue weighted by Gasteiger charge is -2.12. The predicted octanol–water partition coefficient (Wildman–Crippen LogP) is 2.68. The van der Waals surface area contributed by atoms with Gasteiger partial charge in [0.1, 0.15) is 5.82 Å². The third-order valence-electron chi connectivity index (χ3n) is 2.70. The summed E-state index contributed by atoms with van der Waals surface area (Å²) in [6.07, 6.45) is 0. The van der Waals surface area contributed by atoms with Crippen molar-refractivity contribution in [1.29, 1.82) is 0 Å². The van der Waals surface area contributed by atoms with Crippen LogP contribution >= 0.6 is 24.2 Å². The highest BCUT2D eigenvalue weighted by atomic mass is 35.5. The molecular formula is C12H16ClN3S. The smallest absolute Gasteiger partial charge is 0.119 e. The van der Waals surface area contributed by atoms with Crippen molar-refractivity contribution < 1.29 is 0 Å². The molecule has 0 fully saturated rings. The molecule has 0 unspecified atom stereocenters. The summed E-state index contributed by atoms with van der Waals surface area (Å²) in [5, 5.41) is 0.723. The summed E-state index contributed by atoms with van der Waals surface area (Å²) >= 11 is 10.3. The summed E-state index contributed by atoms with van der Waals surface area (Å²) in [4.78, 5) is 6.71. The van der Waals surface area contributed by atoms with Crippen molar-refractivity contribution in [2.45, 2.75) is 12.3 Å². The van der Waals surface area contributed by atoms with Crippen molar-refractivity contribution in [2.24, 2.45) is 0 Å². The molecule has 0 spiro atoms. The molecule has 2 rings (SSSR count). The Kier molecular flexibility index (Phi) is 3.97. The van der Waals surface area contributed by atoms with E-state index in [1.165, 1.54) is 0 Å². The Morgan fingerprint density at radius 3 is 2.82 bits per heavy atom. The van der Waals surface area contributed by atoms with Crippen molar-refractivity contribution >= 4 is 35.3 Å². The number of likely N-dealkylation sites (N-methyl/N-ethyl adjacent to an activating group) is 1. The van der Waals surface area contributed by atoms with Gasteiger partial charge in [0.05, 0.1) is 11.0 Å². The highest BCUT2D eigenvalue weighted by molar-refractivity contribution is 7.79. The van der Waals surface area contributed by atoms with E-state index < -0.39 is 0 Å². The van der Waals surface area contributed by atoms with Crippen LogP contribution in [-0.4, -0.2) is 35.1 Å². The molecule has 0 N–H and O–H groups in total. The van der Waals surface area contributed by atoms with Gasteiger partial charge in [0.25, 0.3) is 0 Å². The van der Waals surface area contributed by atoms with Gasteiger partial charge in [-0.05, 0) is 32.3 Å². The topological polar surface area (TPSA) is 21.1 Å². The maximum atomic E-state index is 5.97.